The standard InChI is InChI=1S/C16H27N3O3.ClH/c1-6-8-11-17-15(20)13-10-9-12(19(13)5)14(18(3)4)16(21)22-7-2;/h9-10,14H,6-8,11H2,1-5H3,(H,17,20);1H. The van der Waals surface area contributed by atoms with Crippen LogP contribution in [0.25, 0.3) is 0 Å². The third-order valence-electron chi connectivity index (χ3n) is 3.52. The summed E-state index contributed by atoms with van der Waals surface area (Å²) < 4.78 is 6.88. The second-order valence-corrected chi connectivity index (χ2v) is 5.43. The van der Waals surface area contributed by atoms with Crippen LogP contribution in [-0.2, 0) is 16.6 Å². The maximum atomic E-state index is 12.2. The Morgan fingerprint density at radius 3 is 2.48 bits per heavy atom. The van der Waals surface area contributed by atoms with Gasteiger partial charge >= 0.3 is 5.97 Å². The van der Waals surface area contributed by atoms with Gasteiger partial charge in [0.15, 0.2) is 0 Å². The lowest BCUT2D eigenvalue weighted by Crippen LogP contribution is -2.32. The number of unbranched alkanes of at least 4 members (excludes halogenated alkanes) is 1. The van der Waals surface area contributed by atoms with Gasteiger partial charge in [-0.05, 0) is 39.6 Å². The first-order valence-corrected chi connectivity index (χ1v) is 7.70. The molecule has 0 fully saturated rings. The minimum Gasteiger partial charge on any atom is -0.465 e. The molecule has 0 spiro atoms. The number of likely N-dealkylation sites (N-methyl/N-ethyl adjacent to an activating group) is 1. The van der Waals surface area contributed by atoms with E-state index in [2.05, 4.69) is 12.2 Å². The van der Waals surface area contributed by atoms with Crippen molar-refractivity contribution in [2.45, 2.75) is 32.7 Å². The smallest absolute Gasteiger partial charge is 0.329 e. The van der Waals surface area contributed by atoms with Gasteiger partial charge in [-0.2, -0.15) is 0 Å². The van der Waals surface area contributed by atoms with Gasteiger partial charge in [-0.25, -0.2) is 4.79 Å². The first kappa shape index (κ1) is 21.5. The molecule has 0 aliphatic carbocycles. The lowest BCUT2D eigenvalue weighted by Gasteiger charge is -2.23. The predicted octanol–water partition coefficient (Wildman–Crippen LogP) is 2.14. The van der Waals surface area contributed by atoms with Crippen LogP contribution in [0.1, 0.15) is 48.9 Å². The predicted molar refractivity (Wildman–Crippen MR) is 93.0 cm³/mol. The van der Waals surface area contributed by atoms with Crippen molar-refractivity contribution in [1.82, 2.24) is 14.8 Å². The van der Waals surface area contributed by atoms with Gasteiger partial charge in [-0.3, -0.25) is 9.69 Å². The molecule has 0 aromatic carbocycles. The van der Waals surface area contributed by atoms with Crippen LogP contribution in [0.4, 0.5) is 0 Å². The third-order valence-corrected chi connectivity index (χ3v) is 3.52. The van der Waals surface area contributed by atoms with Gasteiger partial charge in [0.25, 0.3) is 5.91 Å². The van der Waals surface area contributed by atoms with Crippen LogP contribution in [0.5, 0.6) is 0 Å². The molecule has 1 aromatic rings. The number of aromatic nitrogens is 1. The van der Waals surface area contributed by atoms with Gasteiger partial charge in [0, 0.05) is 19.3 Å². The summed E-state index contributed by atoms with van der Waals surface area (Å²) in [7, 11) is 5.42. The van der Waals surface area contributed by atoms with Gasteiger partial charge < -0.3 is 14.6 Å². The Morgan fingerprint density at radius 2 is 1.96 bits per heavy atom. The summed E-state index contributed by atoms with van der Waals surface area (Å²) in [5.41, 5.74) is 1.28. The quantitative estimate of drug-likeness (QED) is 0.579. The molecule has 0 aliphatic rings. The van der Waals surface area contributed by atoms with E-state index in [-0.39, 0.29) is 24.3 Å². The highest BCUT2D eigenvalue weighted by Crippen LogP contribution is 2.22. The second-order valence-electron chi connectivity index (χ2n) is 5.43. The van der Waals surface area contributed by atoms with Gasteiger partial charge in [-0.15, -0.1) is 12.4 Å². The highest BCUT2D eigenvalue weighted by Gasteiger charge is 2.28. The highest BCUT2D eigenvalue weighted by molar-refractivity contribution is 5.93. The second kappa shape index (κ2) is 10.3. The number of esters is 1. The molecule has 1 aromatic heterocycles. The van der Waals surface area contributed by atoms with Crippen molar-refractivity contribution in [2.75, 3.05) is 27.2 Å². The van der Waals surface area contributed by atoms with E-state index in [1.165, 1.54) is 0 Å². The monoisotopic (exact) mass is 345 g/mol. The molecular formula is C16H28ClN3O3. The molecule has 6 nitrogen and oxygen atoms in total. The van der Waals surface area contributed by atoms with Crippen molar-refractivity contribution >= 4 is 24.3 Å². The molecule has 132 valence electrons. The molecule has 0 bridgehead atoms. The van der Waals surface area contributed by atoms with Gasteiger partial charge in [-0.1, -0.05) is 13.3 Å². The average molecular weight is 346 g/mol. The molecule has 0 aliphatic heterocycles. The Bertz CT molecular complexity index is 515. The number of amides is 1. The van der Waals surface area contributed by atoms with Crippen molar-refractivity contribution in [1.29, 1.82) is 0 Å². The van der Waals surface area contributed by atoms with Crippen LogP contribution in [-0.4, -0.2) is 48.6 Å². The maximum absolute atomic E-state index is 12.2. The topological polar surface area (TPSA) is 63.6 Å². The third kappa shape index (κ3) is 5.55. The van der Waals surface area contributed by atoms with E-state index in [9.17, 15) is 9.59 Å². The van der Waals surface area contributed by atoms with Crippen LogP contribution in [0.3, 0.4) is 0 Å². The van der Waals surface area contributed by atoms with Crippen molar-refractivity contribution in [3.63, 3.8) is 0 Å². The largest absolute Gasteiger partial charge is 0.465 e. The molecule has 1 rings (SSSR count). The summed E-state index contributed by atoms with van der Waals surface area (Å²) in [4.78, 5) is 26.1. The van der Waals surface area contributed by atoms with Crippen LogP contribution < -0.4 is 5.32 Å². The van der Waals surface area contributed by atoms with Gasteiger partial charge in [0.05, 0.1) is 6.61 Å². The normalized spacial score (nSPS) is 11.7. The van der Waals surface area contributed by atoms with Gasteiger partial charge in [0.2, 0.25) is 0 Å². The Balaban J connectivity index is 0.00000484. The fourth-order valence-corrected chi connectivity index (χ4v) is 2.32. The van der Waals surface area contributed by atoms with E-state index in [4.69, 9.17) is 4.74 Å². The molecule has 1 atom stereocenters. The highest BCUT2D eigenvalue weighted by atomic mass is 35.5. The van der Waals surface area contributed by atoms with Crippen LogP contribution in [0.15, 0.2) is 12.1 Å². The number of carbonyl (C=O) groups excluding carboxylic acids is 2. The minimum absolute atomic E-state index is 0. The zero-order valence-electron chi connectivity index (χ0n) is 14.6. The van der Waals surface area contributed by atoms with Crippen molar-refractivity contribution in [3.05, 3.63) is 23.5 Å². The van der Waals surface area contributed by atoms with Gasteiger partial charge in [0.1, 0.15) is 11.7 Å². The molecule has 23 heavy (non-hydrogen) atoms. The van der Waals surface area contributed by atoms with E-state index in [0.717, 1.165) is 18.5 Å². The van der Waals surface area contributed by atoms with Crippen molar-refractivity contribution < 1.29 is 14.3 Å². The number of nitrogens with one attached hydrogen (secondary N) is 1. The fourth-order valence-electron chi connectivity index (χ4n) is 2.32. The van der Waals surface area contributed by atoms with E-state index in [0.29, 0.717) is 18.8 Å². The van der Waals surface area contributed by atoms with E-state index in [1.807, 2.05) is 14.1 Å². The number of ether oxygens (including phenoxy) is 1. The average Bonchev–Trinajstić information content (AvgIpc) is 2.81. The minimum atomic E-state index is -0.526. The summed E-state index contributed by atoms with van der Waals surface area (Å²) in [5.74, 6) is -0.435. The Hall–Kier alpha value is -1.53. The summed E-state index contributed by atoms with van der Waals surface area (Å²) in [6, 6.07) is 3.02. The van der Waals surface area contributed by atoms with E-state index >= 15 is 0 Å². The number of hydrogen-bond acceptors (Lipinski definition) is 4. The van der Waals surface area contributed by atoms with Crippen LogP contribution in [0, 0.1) is 0 Å². The number of nitrogens with zero attached hydrogens (tertiary/aromatic N) is 2. The molecule has 0 radical (unpaired) electrons. The molecular weight excluding hydrogens is 318 g/mol. The molecule has 1 N–H and O–H groups in total. The Kier molecular flexibility index (Phi) is 9.60. The van der Waals surface area contributed by atoms with Crippen LogP contribution >= 0.6 is 12.4 Å². The molecule has 0 saturated heterocycles. The molecule has 7 heteroatoms. The first-order valence-electron chi connectivity index (χ1n) is 7.70. The summed E-state index contributed by atoms with van der Waals surface area (Å²) in [6.45, 7) is 4.85. The zero-order chi connectivity index (χ0) is 16.7. The fraction of sp³-hybridized carbons (Fsp3) is 0.625. The first-order chi connectivity index (χ1) is 10.4. The molecule has 0 saturated carbocycles. The SMILES string of the molecule is CCCCNC(=O)c1ccc(C(C(=O)OCC)N(C)C)n1C.Cl. The zero-order valence-corrected chi connectivity index (χ0v) is 15.4. The Morgan fingerprint density at radius 1 is 1.30 bits per heavy atom. The maximum Gasteiger partial charge on any atom is 0.329 e. The number of hydrogen-bond donors (Lipinski definition) is 1. The van der Waals surface area contributed by atoms with E-state index in [1.54, 1.807) is 35.6 Å². The van der Waals surface area contributed by atoms with E-state index < -0.39 is 6.04 Å². The molecule has 1 heterocycles. The number of halogens is 1. The lowest BCUT2D eigenvalue weighted by atomic mass is 10.2. The van der Waals surface area contributed by atoms with Crippen molar-refractivity contribution in [2.24, 2.45) is 7.05 Å². The summed E-state index contributed by atoms with van der Waals surface area (Å²) in [5, 5.41) is 2.89. The molecule has 1 unspecified atom stereocenters. The number of carbonyl (C=O) groups is 2. The lowest BCUT2D eigenvalue weighted by molar-refractivity contribution is -0.149. The number of rotatable bonds is 8. The summed E-state index contributed by atoms with van der Waals surface area (Å²) in [6.07, 6.45) is 1.98. The molecule has 1 amide bonds. The van der Waals surface area contributed by atoms with Crippen molar-refractivity contribution in [3.8, 4) is 0 Å². The Labute approximate surface area is 144 Å². The van der Waals surface area contributed by atoms with Crippen LogP contribution in [0.2, 0.25) is 0 Å². The summed E-state index contributed by atoms with van der Waals surface area (Å²) >= 11 is 0.